The van der Waals surface area contributed by atoms with Gasteiger partial charge in [0.25, 0.3) is 0 Å². The molecular formula is C29H29NO6. The van der Waals surface area contributed by atoms with Crippen molar-refractivity contribution in [2.45, 2.75) is 13.8 Å². The summed E-state index contributed by atoms with van der Waals surface area (Å²) in [5.74, 6) is 2.22. The Kier molecular flexibility index (Phi) is 7.49. The van der Waals surface area contributed by atoms with Crippen LogP contribution in [0.25, 0.3) is 27.7 Å². The van der Waals surface area contributed by atoms with Crippen LogP contribution >= 0.6 is 0 Å². The van der Waals surface area contributed by atoms with Crippen LogP contribution in [0.5, 0.6) is 23.0 Å². The highest BCUT2D eigenvalue weighted by Crippen LogP contribution is 2.40. The van der Waals surface area contributed by atoms with Crippen LogP contribution in [0.15, 0.2) is 71.4 Å². The number of carbonyl (C=O) groups excluding carboxylic acids is 1. The number of rotatable bonds is 9. The van der Waals surface area contributed by atoms with E-state index in [9.17, 15) is 4.79 Å². The minimum absolute atomic E-state index is 0.269. The second-order valence-corrected chi connectivity index (χ2v) is 8.01. The van der Waals surface area contributed by atoms with Crippen molar-refractivity contribution >= 4 is 28.1 Å². The minimum Gasteiger partial charge on any atom is -0.496 e. The molecule has 0 aliphatic carbocycles. The van der Waals surface area contributed by atoms with Crippen LogP contribution in [0.3, 0.4) is 0 Å². The normalized spacial score (nSPS) is 11.3. The zero-order chi connectivity index (χ0) is 25.7. The number of benzene rings is 3. The second-order valence-electron chi connectivity index (χ2n) is 8.01. The predicted octanol–water partition coefficient (Wildman–Crippen LogP) is 6.57. The molecule has 0 saturated heterocycles. The lowest BCUT2D eigenvalue weighted by atomic mass is 9.99. The molecule has 0 fully saturated rings. The molecule has 0 unspecified atom stereocenters. The molecule has 7 nitrogen and oxygen atoms in total. The van der Waals surface area contributed by atoms with E-state index in [0.29, 0.717) is 40.9 Å². The number of para-hydroxylation sites is 2. The van der Waals surface area contributed by atoms with Gasteiger partial charge in [0.1, 0.15) is 17.1 Å². The molecule has 0 atom stereocenters. The molecule has 36 heavy (non-hydrogen) atoms. The Morgan fingerprint density at radius 1 is 0.917 bits per heavy atom. The van der Waals surface area contributed by atoms with Gasteiger partial charge in [0.15, 0.2) is 11.5 Å². The number of nitrogens with one attached hydrogen (secondary N) is 1. The highest BCUT2D eigenvalue weighted by atomic mass is 16.5. The molecule has 1 aromatic heterocycles. The fourth-order valence-corrected chi connectivity index (χ4v) is 4.05. The van der Waals surface area contributed by atoms with E-state index < -0.39 is 0 Å². The van der Waals surface area contributed by atoms with Gasteiger partial charge in [-0.3, -0.25) is 4.79 Å². The van der Waals surface area contributed by atoms with E-state index in [1.807, 2.05) is 62.4 Å². The monoisotopic (exact) mass is 487 g/mol. The molecule has 1 heterocycles. The summed E-state index contributed by atoms with van der Waals surface area (Å²) in [5, 5.41) is 3.78. The largest absolute Gasteiger partial charge is 0.496 e. The van der Waals surface area contributed by atoms with Gasteiger partial charge in [-0.05, 0) is 55.3 Å². The Bertz CT molecular complexity index is 1420. The first kappa shape index (κ1) is 24.7. The summed E-state index contributed by atoms with van der Waals surface area (Å²) in [5.41, 5.74) is 4.60. The van der Waals surface area contributed by atoms with Crippen LogP contribution in [0.4, 0.5) is 5.69 Å². The minimum atomic E-state index is -0.269. The van der Waals surface area contributed by atoms with E-state index in [0.717, 1.165) is 27.6 Å². The number of fused-ring (bicyclic) bond motifs is 1. The quantitative estimate of drug-likeness (QED) is 0.269. The van der Waals surface area contributed by atoms with Gasteiger partial charge >= 0.3 is 0 Å². The second kappa shape index (κ2) is 10.9. The lowest BCUT2D eigenvalue weighted by Gasteiger charge is -2.12. The summed E-state index contributed by atoms with van der Waals surface area (Å²) >= 11 is 0. The summed E-state index contributed by atoms with van der Waals surface area (Å²) in [6.45, 7) is 4.27. The number of amides is 1. The Balaban J connectivity index is 1.71. The van der Waals surface area contributed by atoms with Crippen molar-refractivity contribution in [3.63, 3.8) is 0 Å². The van der Waals surface area contributed by atoms with Crippen molar-refractivity contribution in [2.24, 2.45) is 0 Å². The molecule has 3 aromatic carbocycles. The average Bonchev–Trinajstić information content (AvgIpc) is 3.31. The Morgan fingerprint density at radius 3 is 2.39 bits per heavy atom. The lowest BCUT2D eigenvalue weighted by molar-refractivity contribution is -0.111. The van der Waals surface area contributed by atoms with Crippen LogP contribution in [0, 0.1) is 0 Å². The van der Waals surface area contributed by atoms with E-state index in [1.165, 1.54) is 0 Å². The SMILES string of the molecule is CCOc1ccccc1NC(=O)/C=C(\C)c1cc2c(-c3ccc(OC)c(OC)c3)coc2cc1OC. The molecule has 7 heteroatoms. The first-order valence-corrected chi connectivity index (χ1v) is 11.5. The standard InChI is InChI=1S/C29H29NO6/c1-6-35-24-10-8-7-9-23(24)30-29(31)13-18(2)20-15-21-22(17-36-27(21)16-26(20)33-4)19-11-12-25(32-3)28(14-19)34-5/h7-17H,6H2,1-5H3,(H,30,31)/b18-13+. The summed E-state index contributed by atoms with van der Waals surface area (Å²) in [4.78, 5) is 12.9. The maximum Gasteiger partial charge on any atom is 0.248 e. The molecule has 0 aliphatic heterocycles. The molecule has 0 bridgehead atoms. The van der Waals surface area contributed by atoms with E-state index in [4.69, 9.17) is 23.4 Å². The number of allylic oxidation sites excluding steroid dienone is 1. The first-order valence-electron chi connectivity index (χ1n) is 11.5. The van der Waals surface area contributed by atoms with Crippen molar-refractivity contribution in [3.05, 3.63) is 72.5 Å². The van der Waals surface area contributed by atoms with Crippen molar-refractivity contribution in [1.29, 1.82) is 0 Å². The highest BCUT2D eigenvalue weighted by molar-refractivity contribution is 6.06. The molecule has 1 N–H and O–H groups in total. The van der Waals surface area contributed by atoms with Crippen molar-refractivity contribution in [1.82, 2.24) is 0 Å². The van der Waals surface area contributed by atoms with Gasteiger partial charge in [0.05, 0.1) is 39.9 Å². The molecule has 4 rings (SSSR count). The van der Waals surface area contributed by atoms with Crippen LogP contribution in [0.2, 0.25) is 0 Å². The first-order chi connectivity index (χ1) is 17.5. The maximum absolute atomic E-state index is 12.9. The van der Waals surface area contributed by atoms with Crippen LogP contribution < -0.4 is 24.3 Å². The molecule has 0 aliphatic rings. The molecule has 0 radical (unpaired) electrons. The molecule has 1 amide bonds. The number of hydrogen-bond acceptors (Lipinski definition) is 6. The predicted molar refractivity (Wildman–Crippen MR) is 141 cm³/mol. The Labute approximate surface area is 210 Å². The van der Waals surface area contributed by atoms with Gasteiger partial charge in [0.2, 0.25) is 5.91 Å². The number of carbonyl (C=O) groups is 1. The fourth-order valence-electron chi connectivity index (χ4n) is 4.05. The summed E-state index contributed by atoms with van der Waals surface area (Å²) < 4.78 is 27.9. The van der Waals surface area contributed by atoms with Gasteiger partial charge in [-0.15, -0.1) is 0 Å². The third-order valence-corrected chi connectivity index (χ3v) is 5.81. The van der Waals surface area contributed by atoms with Crippen LogP contribution in [-0.4, -0.2) is 33.8 Å². The van der Waals surface area contributed by atoms with Gasteiger partial charge in [-0.2, -0.15) is 0 Å². The summed E-state index contributed by atoms with van der Waals surface area (Å²) in [7, 11) is 4.79. The van der Waals surface area contributed by atoms with Crippen LogP contribution in [0.1, 0.15) is 19.4 Å². The maximum atomic E-state index is 12.9. The van der Waals surface area contributed by atoms with Gasteiger partial charge in [0, 0.05) is 28.7 Å². The van der Waals surface area contributed by atoms with Crippen molar-refractivity contribution in [3.8, 4) is 34.1 Å². The topological polar surface area (TPSA) is 79.2 Å². The third kappa shape index (κ3) is 5.00. The summed E-state index contributed by atoms with van der Waals surface area (Å²) in [6.07, 6.45) is 3.24. The van der Waals surface area contributed by atoms with E-state index in [2.05, 4.69) is 5.32 Å². The number of furan rings is 1. The Morgan fingerprint density at radius 2 is 1.67 bits per heavy atom. The molecular weight excluding hydrogens is 458 g/mol. The number of ether oxygens (including phenoxy) is 4. The Hall–Kier alpha value is -4.39. The lowest BCUT2D eigenvalue weighted by Crippen LogP contribution is -2.10. The van der Waals surface area contributed by atoms with Gasteiger partial charge in [-0.1, -0.05) is 18.2 Å². The van der Waals surface area contributed by atoms with E-state index >= 15 is 0 Å². The van der Waals surface area contributed by atoms with Crippen molar-refractivity contribution < 1.29 is 28.2 Å². The third-order valence-electron chi connectivity index (χ3n) is 5.81. The summed E-state index contributed by atoms with van der Waals surface area (Å²) in [6, 6.07) is 16.8. The zero-order valence-corrected chi connectivity index (χ0v) is 21.0. The van der Waals surface area contributed by atoms with E-state index in [1.54, 1.807) is 39.7 Å². The van der Waals surface area contributed by atoms with E-state index in [-0.39, 0.29) is 5.91 Å². The van der Waals surface area contributed by atoms with Crippen LogP contribution in [-0.2, 0) is 4.79 Å². The zero-order valence-electron chi connectivity index (χ0n) is 21.0. The number of methoxy groups -OCH3 is 3. The number of anilines is 1. The van der Waals surface area contributed by atoms with Gasteiger partial charge in [-0.25, -0.2) is 0 Å². The smallest absolute Gasteiger partial charge is 0.248 e. The average molecular weight is 488 g/mol. The molecule has 4 aromatic rings. The molecule has 186 valence electrons. The molecule has 0 spiro atoms. The van der Waals surface area contributed by atoms with Gasteiger partial charge < -0.3 is 28.7 Å². The fraction of sp³-hybridized carbons (Fsp3) is 0.207. The molecule has 0 saturated carbocycles. The number of hydrogen-bond donors (Lipinski definition) is 1. The van der Waals surface area contributed by atoms with Crippen molar-refractivity contribution in [2.75, 3.05) is 33.3 Å². The highest BCUT2D eigenvalue weighted by Gasteiger charge is 2.16.